The van der Waals surface area contributed by atoms with Gasteiger partial charge < -0.3 is 10.5 Å². The number of nitrogens with two attached hydrogens (primary N) is 1. The third-order valence-electron chi connectivity index (χ3n) is 2.95. The molecule has 1 heterocycles. The molecule has 2 nitrogen and oxygen atoms in total. The molecule has 1 aliphatic heterocycles. The Morgan fingerprint density at radius 2 is 2.23 bits per heavy atom. The molecule has 0 bridgehead atoms. The Kier molecular flexibility index (Phi) is 4.13. The highest BCUT2D eigenvalue weighted by molar-refractivity contribution is 4.81. The van der Waals surface area contributed by atoms with Crippen molar-refractivity contribution in [2.24, 2.45) is 23.5 Å². The average Bonchev–Trinajstić information content (AvgIpc) is 2.56. The lowest BCUT2D eigenvalue weighted by atomic mass is 9.84. The third-order valence-corrected chi connectivity index (χ3v) is 2.95. The normalized spacial score (nSPS) is 27.9. The smallest absolute Gasteiger partial charge is 0.109 e. The SMILES string of the molecule is CC(C)C(CN)C(F)C1CCOC1. The van der Waals surface area contributed by atoms with E-state index in [1.165, 1.54) is 0 Å². The Hall–Kier alpha value is -0.150. The molecular weight excluding hydrogens is 169 g/mol. The zero-order valence-electron chi connectivity index (χ0n) is 8.50. The largest absolute Gasteiger partial charge is 0.381 e. The van der Waals surface area contributed by atoms with Gasteiger partial charge in [-0.25, -0.2) is 4.39 Å². The molecule has 1 fully saturated rings. The molecule has 1 saturated heterocycles. The molecule has 0 aromatic carbocycles. The fourth-order valence-corrected chi connectivity index (χ4v) is 1.92. The summed E-state index contributed by atoms with van der Waals surface area (Å²) in [6.45, 7) is 5.78. The molecule has 2 N–H and O–H groups in total. The zero-order chi connectivity index (χ0) is 9.84. The molecule has 0 aliphatic carbocycles. The van der Waals surface area contributed by atoms with Crippen molar-refractivity contribution < 1.29 is 9.13 Å². The maximum atomic E-state index is 13.9. The first kappa shape index (κ1) is 10.9. The van der Waals surface area contributed by atoms with E-state index in [4.69, 9.17) is 10.5 Å². The Morgan fingerprint density at radius 3 is 2.62 bits per heavy atom. The van der Waals surface area contributed by atoms with Crippen LogP contribution in [-0.2, 0) is 4.74 Å². The second kappa shape index (κ2) is 4.91. The summed E-state index contributed by atoms with van der Waals surface area (Å²) in [5, 5.41) is 0. The Bertz CT molecular complexity index is 146. The molecule has 1 aliphatic rings. The van der Waals surface area contributed by atoms with E-state index in [0.29, 0.717) is 25.7 Å². The van der Waals surface area contributed by atoms with Crippen LogP contribution in [0.5, 0.6) is 0 Å². The minimum absolute atomic E-state index is 0.00769. The van der Waals surface area contributed by atoms with E-state index in [-0.39, 0.29) is 11.8 Å². The van der Waals surface area contributed by atoms with E-state index in [1.54, 1.807) is 0 Å². The predicted molar refractivity (Wildman–Crippen MR) is 51.2 cm³/mol. The molecule has 0 aromatic rings. The van der Waals surface area contributed by atoms with Crippen LogP contribution in [0.25, 0.3) is 0 Å². The first-order valence-corrected chi connectivity index (χ1v) is 5.08. The van der Waals surface area contributed by atoms with Gasteiger partial charge in [0.05, 0.1) is 6.61 Å². The van der Waals surface area contributed by atoms with E-state index in [1.807, 2.05) is 13.8 Å². The Labute approximate surface area is 79.6 Å². The van der Waals surface area contributed by atoms with Gasteiger partial charge in [0.1, 0.15) is 6.17 Å². The van der Waals surface area contributed by atoms with E-state index >= 15 is 0 Å². The fourth-order valence-electron chi connectivity index (χ4n) is 1.92. The number of ether oxygens (including phenoxy) is 1. The third kappa shape index (κ3) is 2.64. The summed E-state index contributed by atoms with van der Waals surface area (Å²) in [7, 11) is 0. The van der Waals surface area contributed by atoms with Crippen molar-refractivity contribution in [1.82, 2.24) is 0 Å². The van der Waals surface area contributed by atoms with Crippen LogP contribution in [0.1, 0.15) is 20.3 Å². The maximum absolute atomic E-state index is 13.9. The average molecular weight is 189 g/mol. The molecule has 0 amide bonds. The number of hydrogen-bond donors (Lipinski definition) is 1. The highest BCUT2D eigenvalue weighted by Gasteiger charge is 2.32. The highest BCUT2D eigenvalue weighted by atomic mass is 19.1. The molecule has 0 radical (unpaired) electrons. The van der Waals surface area contributed by atoms with Crippen LogP contribution in [0.2, 0.25) is 0 Å². The topological polar surface area (TPSA) is 35.2 Å². The molecule has 0 spiro atoms. The zero-order valence-corrected chi connectivity index (χ0v) is 8.50. The van der Waals surface area contributed by atoms with Crippen LogP contribution in [0, 0.1) is 17.8 Å². The summed E-state index contributed by atoms with van der Waals surface area (Å²) in [6, 6.07) is 0. The molecular formula is C10H20FNO. The standard InChI is InChI=1S/C10H20FNO/c1-7(2)9(5-12)10(11)8-3-4-13-6-8/h7-10H,3-6,12H2,1-2H3. The van der Waals surface area contributed by atoms with Gasteiger partial charge in [-0.3, -0.25) is 0 Å². The lowest BCUT2D eigenvalue weighted by molar-refractivity contribution is 0.102. The second-order valence-corrected chi connectivity index (χ2v) is 4.21. The van der Waals surface area contributed by atoms with Crippen LogP contribution in [0.4, 0.5) is 4.39 Å². The van der Waals surface area contributed by atoms with E-state index in [9.17, 15) is 4.39 Å². The second-order valence-electron chi connectivity index (χ2n) is 4.21. The number of rotatable bonds is 4. The minimum atomic E-state index is -0.785. The molecule has 3 heteroatoms. The first-order chi connectivity index (χ1) is 6.16. The van der Waals surface area contributed by atoms with Crippen LogP contribution < -0.4 is 5.73 Å². The van der Waals surface area contributed by atoms with Gasteiger partial charge in [0.15, 0.2) is 0 Å². The lowest BCUT2D eigenvalue weighted by Gasteiger charge is -2.26. The summed E-state index contributed by atoms with van der Waals surface area (Å²) in [4.78, 5) is 0. The number of hydrogen-bond acceptors (Lipinski definition) is 2. The molecule has 1 rings (SSSR count). The summed E-state index contributed by atoms with van der Waals surface area (Å²) < 4.78 is 19.0. The Morgan fingerprint density at radius 1 is 1.54 bits per heavy atom. The first-order valence-electron chi connectivity index (χ1n) is 5.08. The maximum Gasteiger partial charge on any atom is 0.109 e. The fraction of sp³-hybridized carbons (Fsp3) is 1.00. The van der Waals surface area contributed by atoms with E-state index in [2.05, 4.69) is 0 Å². The van der Waals surface area contributed by atoms with Crippen molar-refractivity contribution >= 4 is 0 Å². The van der Waals surface area contributed by atoms with Gasteiger partial charge in [0.2, 0.25) is 0 Å². The van der Waals surface area contributed by atoms with Gasteiger partial charge >= 0.3 is 0 Å². The lowest BCUT2D eigenvalue weighted by Crippen LogP contribution is -2.34. The highest BCUT2D eigenvalue weighted by Crippen LogP contribution is 2.28. The molecule has 13 heavy (non-hydrogen) atoms. The van der Waals surface area contributed by atoms with Crippen molar-refractivity contribution in [3.8, 4) is 0 Å². The van der Waals surface area contributed by atoms with Crippen molar-refractivity contribution in [2.45, 2.75) is 26.4 Å². The molecule has 78 valence electrons. The quantitative estimate of drug-likeness (QED) is 0.729. The van der Waals surface area contributed by atoms with Crippen LogP contribution in [0.3, 0.4) is 0 Å². The van der Waals surface area contributed by atoms with E-state index in [0.717, 1.165) is 6.42 Å². The predicted octanol–water partition coefficient (Wildman–Crippen LogP) is 1.59. The summed E-state index contributed by atoms with van der Waals surface area (Å²) >= 11 is 0. The van der Waals surface area contributed by atoms with Gasteiger partial charge in [0, 0.05) is 18.4 Å². The molecule has 3 atom stereocenters. The van der Waals surface area contributed by atoms with Crippen LogP contribution >= 0.6 is 0 Å². The summed E-state index contributed by atoms with van der Waals surface area (Å²) in [6.07, 6.45) is 0.0669. The van der Waals surface area contributed by atoms with Gasteiger partial charge in [-0.15, -0.1) is 0 Å². The molecule has 3 unspecified atom stereocenters. The Balaban J connectivity index is 2.46. The van der Waals surface area contributed by atoms with Gasteiger partial charge in [-0.05, 0) is 18.9 Å². The van der Waals surface area contributed by atoms with Gasteiger partial charge in [0.25, 0.3) is 0 Å². The molecule has 0 saturated carbocycles. The van der Waals surface area contributed by atoms with Gasteiger partial charge in [-0.2, -0.15) is 0 Å². The van der Waals surface area contributed by atoms with E-state index < -0.39 is 6.17 Å². The molecule has 0 aromatic heterocycles. The van der Waals surface area contributed by atoms with Crippen molar-refractivity contribution in [1.29, 1.82) is 0 Å². The van der Waals surface area contributed by atoms with Crippen molar-refractivity contribution in [2.75, 3.05) is 19.8 Å². The summed E-state index contributed by atoms with van der Waals surface area (Å²) in [5.41, 5.74) is 5.56. The van der Waals surface area contributed by atoms with Crippen molar-refractivity contribution in [3.63, 3.8) is 0 Å². The monoisotopic (exact) mass is 189 g/mol. The van der Waals surface area contributed by atoms with Crippen LogP contribution in [-0.4, -0.2) is 25.9 Å². The van der Waals surface area contributed by atoms with Gasteiger partial charge in [-0.1, -0.05) is 13.8 Å². The number of alkyl halides is 1. The van der Waals surface area contributed by atoms with Crippen molar-refractivity contribution in [3.05, 3.63) is 0 Å². The van der Waals surface area contributed by atoms with Crippen LogP contribution in [0.15, 0.2) is 0 Å². The number of halogens is 1. The minimum Gasteiger partial charge on any atom is -0.381 e. The summed E-state index contributed by atoms with van der Waals surface area (Å²) in [5.74, 6) is 0.392.